The van der Waals surface area contributed by atoms with Crippen LogP contribution in [0.5, 0.6) is 0 Å². The molecule has 0 fully saturated rings. The lowest BCUT2D eigenvalue weighted by Gasteiger charge is -2.18. The number of aryl methyl sites for hydroxylation is 3. The Bertz CT molecular complexity index is 936. The maximum Gasteiger partial charge on any atom is 0.143 e. The van der Waals surface area contributed by atoms with E-state index in [4.69, 9.17) is 10.7 Å². The highest BCUT2D eigenvalue weighted by atomic mass is 15.1. The molecule has 0 saturated carbocycles. The van der Waals surface area contributed by atoms with Crippen LogP contribution >= 0.6 is 0 Å². The Balaban J connectivity index is 1.96. The number of aromatic nitrogens is 2. The van der Waals surface area contributed by atoms with Crippen LogP contribution in [0.3, 0.4) is 0 Å². The van der Waals surface area contributed by atoms with Gasteiger partial charge < -0.3 is 15.2 Å². The minimum absolute atomic E-state index is 0.972. The zero-order valence-corrected chi connectivity index (χ0v) is 15.6. The first kappa shape index (κ1) is 16.4. The Morgan fingerprint density at radius 2 is 2.00 bits per heavy atom. The molecule has 132 valence electrons. The number of nitrogens with zero attached hydrogens (tertiary/aromatic N) is 3. The number of benzene rings is 1. The lowest BCUT2D eigenvalue weighted by molar-refractivity contribution is 0.389. The van der Waals surface area contributed by atoms with Crippen LogP contribution in [-0.4, -0.2) is 35.1 Å². The van der Waals surface area contributed by atoms with Crippen LogP contribution in [0.4, 0.5) is 5.69 Å². The number of hydrogen-bond donors (Lipinski definition) is 1. The third-order valence-electron chi connectivity index (χ3n) is 5.45. The minimum atomic E-state index is 0.972. The number of nitrogens with two attached hydrogens (primary N) is 1. The quantitative estimate of drug-likeness (QED) is 0.786. The largest absolute Gasteiger partial charge is 0.398 e. The molecule has 4 heteroatoms. The number of nitrogen functional groups attached to an aromatic ring is 1. The van der Waals surface area contributed by atoms with E-state index >= 15 is 0 Å². The van der Waals surface area contributed by atoms with Crippen molar-refractivity contribution in [3.63, 3.8) is 0 Å². The monoisotopic (exact) mass is 336 g/mol. The Morgan fingerprint density at radius 1 is 1.20 bits per heavy atom. The van der Waals surface area contributed by atoms with Gasteiger partial charge in [0.1, 0.15) is 5.65 Å². The predicted molar refractivity (Wildman–Crippen MR) is 106 cm³/mol. The molecule has 0 unspecified atom stereocenters. The van der Waals surface area contributed by atoms with Crippen molar-refractivity contribution >= 4 is 27.6 Å². The topological polar surface area (TPSA) is 47.1 Å². The van der Waals surface area contributed by atoms with Gasteiger partial charge in [0, 0.05) is 23.3 Å². The van der Waals surface area contributed by atoms with E-state index in [1.165, 1.54) is 46.0 Å². The molecule has 25 heavy (non-hydrogen) atoms. The SMILES string of the molecule is Cc1ccc2c3c(N)c4c(nc3n(CCCN(C)C)c2c1)CCCC4. The van der Waals surface area contributed by atoms with E-state index in [0.717, 1.165) is 43.7 Å². The summed E-state index contributed by atoms with van der Waals surface area (Å²) in [5, 5.41) is 2.42. The Morgan fingerprint density at radius 3 is 2.80 bits per heavy atom. The molecule has 2 N–H and O–H groups in total. The lowest BCUT2D eigenvalue weighted by Crippen LogP contribution is -2.15. The van der Waals surface area contributed by atoms with Crippen molar-refractivity contribution in [1.29, 1.82) is 0 Å². The Kier molecular flexibility index (Phi) is 4.16. The summed E-state index contributed by atoms with van der Waals surface area (Å²) in [4.78, 5) is 7.35. The summed E-state index contributed by atoms with van der Waals surface area (Å²) in [5.41, 5.74) is 13.8. The summed E-state index contributed by atoms with van der Waals surface area (Å²) in [6.07, 6.45) is 5.70. The van der Waals surface area contributed by atoms with Crippen LogP contribution in [-0.2, 0) is 19.4 Å². The van der Waals surface area contributed by atoms with E-state index in [1.807, 2.05) is 0 Å². The second-order valence-corrected chi connectivity index (χ2v) is 7.69. The molecule has 2 aromatic heterocycles. The molecule has 4 nitrogen and oxygen atoms in total. The highest BCUT2D eigenvalue weighted by molar-refractivity contribution is 6.13. The van der Waals surface area contributed by atoms with Crippen LogP contribution in [0.25, 0.3) is 21.9 Å². The maximum atomic E-state index is 6.67. The van der Waals surface area contributed by atoms with E-state index in [2.05, 4.69) is 48.7 Å². The van der Waals surface area contributed by atoms with Crippen molar-refractivity contribution in [1.82, 2.24) is 14.5 Å². The molecule has 0 saturated heterocycles. The van der Waals surface area contributed by atoms with Crippen molar-refractivity contribution < 1.29 is 0 Å². The Labute approximate surface area is 149 Å². The van der Waals surface area contributed by atoms with Gasteiger partial charge in [-0.1, -0.05) is 12.1 Å². The van der Waals surface area contributed by atoms with E-state index < -0.39 is 0 Å². The average molecular weight is 336 g/mol. The smallest absolute Gasteiger partial charge is 0.143 e. The van der Waals surface area contributed by atoms with Gasteiger partial charge in [-0.15, -0.1) is 0 Å². The molecule has 2 heterocycles. The first-order chi connectivity index (χ1) is 12.1. The average Bonchev–Trinajstić information content (AvgIpc) is 2.88. The summed E-state index contributed by atoms with van der Waals surface area (Å²) in [5.74, 6) is 0. The van der Waals surface area contributed by atoms with E-state index in [9.17, 15) is 0 Å². The standard InChI is InChI=1S/C21H28N4/c1-14-9-10-16-18(13-14)25(12-6-11-24(2)3)21-19(16)20(22)15-7-4-5-8-17(15)23-21/h9-10,13H,4-8,11-12H2,1-3H3,(H2,22,23). The first-order valence-corrected chi connectivity index (χ1v) is 9.41. The van der Waals surface area contributed by atoms with E-state index in [-0.39, 0.29) is 0 Å². The van der Waals surface area contributed by atoms with Crippen molar-refractivity contribution in [2.75, 3.05) is 26.4 Å². The van der Waals surface area contributed by atoms with Crippen LogP contribution in [0, 0.1) is 6.92 Å². The zero-order chi connectivity index (χ0) is 17.6. The second-order valence-electron chi connectivity index (χ2n) is 7.69. The van der Waals surface area contributed by atoms with Crippen LogP contribution in [0.15, 0.2) is 18.2 Å². The second kappa shape index (κ2) is 6.34. The molecule has 3 aromatic rings. The molecule has 0 spiro atoms. The van der Waals surface area contributed by atoms with Crippen molar-refractivity contribution in [3.8, 4) is 0 Å². The fourth-order valence-corrected chi connectivity index (χ4v) is 4.18. The minimum Gasteiger partial charge on any atom is -0.398 e. The van der Waals surface area contributed by atoms with Crippen molar-refractivity contribution in [3.05, 3.63) is 35.0 Å². The van der Waals surface area contributed by atoms with Gasteiger partial charge in [-0.25, -0.2) is 4.98 Å². The molecule has 1 aromatic carbocycles. The lowest BCUT2D eigenvalue weighted by atomic mass is 9.93. The number of anilines is 1. The van der Waals surface area contributed by atoms with Gasteiger partial charge in [0.25, 0.3) is 0 Å². The van der Waals surface area contributed by atoms with Crippen LogP contribution in [0.1, 0.15) is 36.1 Å². The number of hydrogen-bond acceptors (Lipinski definition) is 3. The molecule has 0 aliphatic heterocycles. The van der Waals surface area contributed by atoms with Crippen molar-refractivity contribution in [2.45, 2.75) is 45.6 Å². The van der Waals surface area contributed by atoms with Crippen LogP contribution < -0.4 is 5.73 Å². The molecular weight excluding hydrogens is 308 g/mol. The summed E-state index contributed by atoms with van der Waals surface area (Å²) >= 11 is 0. The summed E-state index contributed by atoms with van der Waals surface area (Å²) in [7, 11) is 4.26. The highest BCUT2D eigenvalue weighted by Gasteiger charge is 2.21. The normalized spacial score (nSPS) is 14.6. The van der Waals surface area contributed by atoms with Gasteiger partial charge >= 0.3 is 0 Å². The van der Waals surface area contributed by atoms with E-state index in [1.54, 1.807) is 0 Å². The fourth-order valence-electron chi connectivity index (χ4n) is 4.18. The highest BCUT2D eigenvalue weighted by Crippen LogP contribution is 2.37. The van der Waals surface area contributed by atoms with Gasteiger partial charge in [0.2, 0.25) is 0 Å². The summed E-state index contributed by atoms with van der Waals surface area (Å²) in [6.45, 7) is 4.21. The van der Waals surface area contributed by atoms with Gasteiger partial charge in [0.05, 0.1) is 10.9 Å². The van der Waals surface area contributed by atoms with Crippen LogP contribution in [0.2, 0.25) is 0 Å². The molecule has 0 amide bonds. The number of fused-ring (bicyclic) bond motifs is 4. The van der Waals surface area contributed by atoms with Gasteiger partial charge in [0.15, 0.2) is 0 Å². The van der Waals surface area contributed by atoms with Crippen molar-refractivity contribution in [2.24, 2.45) is 0 Å². The van der Waals surface area contributed by atoms with Gasteiger partial charge in [-0.3, -0.25) is 0 Å². The fraction of sp³-hybridized carbons (Fsp3) is 0.476. The zero-order valence-electron chi connectivity index (χ0n) is 15.6. The molecule has 4 rings (SSSR count). The molecule has 1 aliphatic rings. The number of rotatable bonds is 4. The third kappa shape index (κ3) is 2.78. The summed E-state index contributed by atoms with van der Waals surface area (Å²) in [6, 6.07) is 6.69. The predicted octanol–water partition coefficient (Wildman–Crippen LogP) is 3.91. The molecule has 0 bridgehead atoms. The molecule has 1 aliphatic carbocycles. The van der Waals surface area contributed by atoms with E-state index in [0.29, 0.717) is 0 Å². The Hall–Kier alpha value is -2.07. The molecule has 0 radical (unpaired) electrons. The summed E-state index contributed by atoms with van der Waals surface area (Å²) < 4.78 is 2.40. The molecule has 0 atom stereocenters. The molecular formula is C21H28N4. The maximum absolute atomic E-state index is 6.67. The number of pyridine rings is 1. The van der Waals surface area contributed by atoms with Gasteiger partial charge in [-0.2, -0.15) is 0 Å². The first-order valence-electron chi connectivity index (χ1n) is 9.41. The third-order valence-corrected chi connectivity index (χ3v) is 5.45. The van der Waals surface area contributed by atoms with Gasteiger partial charge in [-0.05, 0) is 76.9 Å².